The zero-order valence-corrected chi connectivity index (χ0v) is 32.8. The van der Waals surface area contributed by atoms with Crippen LogP contribution >= 0.6 is 0 Å². The summed E-state index contributed by atoms with van der Waals surface area (Å²) in [6.07, 6.45) is 1.93. The van der Waals surface area contributed by atoms with Crippen molar-refractivity contribution in [1.82, 2.24) is 4.90 Å². The SMILES string of the molecule is CC(C)N(C(=O)O/C=C\[C@H](C)[C@H](O)[C@@H](C)[C@@H](CO[Si](C(C)C)(C(C)C)C(C)C)O[Si](C(C)C)(C(C)C)C(C)C)C(C)C. The minimum absolute atomic E-state index is 0.0392. The Labute approximate surface area is 263 Å². The molecule has 6 nitrogen and oxygen atoms in total. The molecule has 42 heavy (non-hydrogen) atoms. The summed E-state index contributed by atoms with van der Waals surface area (Å²) >= 11 is 0. The van der Waals surface area contributed by atoms with Gasteiger partial charge in [0.1, 0.15) is 0 Å². The van der Waals surface area contributed by atoms with Gasteiger partial charge in [-0.15, -0.1) is 0 Å². The molecule has 4 atom stereocenters. The van der Waals surface area contributed by atoms with Crippen molar-refractivity contribution in [3.05, 3.63) is 12.3 Å². The smallest absolute Gasteiger partial charge is 0.415 e. The molecule has 0 aromatic carbocycles. The van der Waals surface area contributed by atoms with Crippen molar-refractivity contribution < 1.29 is 23.5 Å². The molecule has 0 saturated carbocycles. The Morgan fingerprint density at radius 1 is 0.667 bits per heavy atom. The van der Waals surface area contributed by atoms with E-state index in [-0.39, 0.29) is 36.1 Å². The zero-order chi connectivity index (χ0) is 33.3. The van der Waals surface area contributed by atoms with E-state index in [0.29, 0.717) is 39.9 Å². The summed E-state index contributed by atoms with van der Waals surface area (Å²) in [5, 5.41) is 11.7. The van der Waals surface area contributed by atoms with E-state index in [1.165, 1.54) is 6.26 Å². The predicted octanol–water partition coefficient (Wildman–Crippen LogP) is 10.1. The Hall–Kier alpha value is -0.676. The summed E-state index contributed by atoms with van der Waals surface area (Å²) in [6.45, 7) is 40.1. The molecule has 0 aliphatic heterocycles. The van der Waals surface area contributed by atoms with Gasteiger partial charge in [0.2, 0.25) is 8.32 Å². The molecule has 8 heteroatoms. The topological polar surface area (TPSA) is 68.2 Å². The maximum absolute atomic E-state index is 12.7. The van der Waals surface area contributed by atoms with E-state index >= 15 is 0 Å². The van der Waals surface area contributed by atoms with Gasteiger partial charge in [-0.1, -0.05) is 96.9 Å². The predicted molar refractivity (Wildman–Crippen MR) is 185 cm³/mol. The van der Waals surface area contributed by atoms with Crippen LogP contribution in [0.2, 0.25) is 33.2 Å². The van der Waals surface area contributed by atoms with Gasteiger partial charge in [-0.3, -0.25) is 0 Å². The molecule has 0 heterocycles. The highest BCUT2D eigenvalue weighted by Crippen LogP contribution is 2.46. The largest absolute Gasteiger partial charge is 0.418 e. The highest BCUT2D eigenvalue weighted by atomic mass is 28.4. The Bertz CT molecular complexity index is 758. The van der Waals surface area contributed by atoms with Crippen molar-refractivity contribution in [1.29, 1.82) is 0 Å². The average molecular weight is 630 g/mol. The molecule has 0 bridgehead atoms. The fourth-order valence-electron chi connectivity index (χ4n) is 7.80. The maximum atomic E-state index is 12.7. The van der Waals surface area contributed by atoms with Gasteiger partial charge in [0.25, 0.3) is 0 Å². The van der Waals surface area contributed by atoms with Gasteiger partial charge in [0, 0.05) is 23.9 Å². The number of ether oxygens (including phenoxy) is 1. The van der Waals surface area contributed by atoms with E-state index in [4.69, 9.17) is 13.6 Å². The second-order valence-electron chi connectivity index (χ2n) is 15.1. The number of hydrogen-bond donors (Lipinski definition) is 1. The number of carbonyl (C=O) groups is 1. The summed E-state index contributed by atoms with van der Waals surface area (Å²) in [7, 11) is -4.40. The van der Waals surface area contributed by atoms with Crippen LogP contribution in [0.5, 0.6) is 0 Å². The number of carbonyl (C=O) groups excluding carboxylic acids is 1. The van der Waals surface area contributed by atoms with Gasteiger partial charge in [0.15, 0.2) is 8.32 Å². The molecule has 0 aliphatic rings. The normalized spacial score (nSPS) is 16.6. The average Bonchev–Trinajstić information content (AvgIpc) is 2.83. The van der Waals surface area contributed by atoms with Crippen LogP contribution < -0.4 is 0 Å². The van der Waals surface area contributed by atoms with Crippen LogP contribution in [0, 0.1) is 11.8 Å². The molecule has 1 N–H and O–H groups in total. The third-order valence-corrected chi connectivity index (χ3v) is 22.0. The first kappa shape index (κ1) is 41.3. The quantitative estimate of drug-likeness (QED) is 0.121. The van der Waals surface area contributed by atoms with Crippen molar-refractivity contribution in [3.63, 3.8) is 0 Å². The number of nitrogens with zero attached hydrogens (tertiary/aromatic N) is 1. The molecule has 0 spiro atoms. The molecule has 1 amide bonds. The van der Waals surface area contributed by atoms with Crippen molar-refractivity contribution in [2.75, 3.05) is 6.61 Å². The minimum Gasteiger partial charge on any atom is -0.418 e. The van der Waals surface area contributed by atoms with Crippen LogP contribution in [0.15, 0.2) is 12.3 Å². The first-order chi connectivity index (χ1) is 19.1. The summed E-state index contributed by atoms with van der Waals surface area (Å²) in [4.78, 5) is 14.4. The third kappa shape index (κ3) is 9.91. The van der Waals surface area contributed by atoms with Gasteiger partial charge in [0.05, 0.1) is 25.1 Å². The summed E-state index contributed by atoms with van der Waals surface area (Å²) in [6, 6.07) is 0.0784. The molecule has 0 fully saturated rings. The number of rotatable bonds is 18. The number of hydrogen-bond acceptors (Lipinski definition) is 5. The Morgan fingerprint density at radius 3 is 1.38 bits per heavy atom. The van der Waals surface area contributed by atoms with Gasteiger partial charge >= 0.3 is 6.09 Å². The molecule has 0 aliphatic carbocycles. The molecule has 0 rings (SSSR count). The van der Waals surface area contributed by atoms with Gasteiger partial charge in [-0.05, 0) is 67.0 Å². The zero-order valence-electron chi connectivity index (χ0n) is 30.8. The lowest BCUT2D eigenvalue weighted by Crippen LogP contribution is -2.55. The minimum atomic E-state index is -2.26. The molecular weight excluding hydrogens is 559 g/mol. The summed E-state index contributed by atoms with van der Waals surface area (Å²) < 4.78 is 20.0. The van der Waals surface area contributed by atoms with E-state index in [2.05, 4.69) is 90.0 Å². The molecule has 0 aromatic rings. The van der Waals surface area contributed by atoms with Crippen LogP contribution in [0.25, 0.3) is 0 Å². The fourth-order valence-corrected chi connectivity index (χ4v) is 18.9. The first-order valence-corrected chi connectivity index (χ1v) is 21.1. The number of aliphatic hydroxyl groups is 1. The van der Waals surface area contributed by atoms with E-state index in [9.17, 15) is 9.90 Å². The third-order valence-electron chi connectivity index (χ3n) is 9.81. The highest BCUT2D eigenvalue weighted by molar-refractivity contribution is 6.78. The Balaban J connectivity index is 6.35. The van der Waals surface area contributed by atoms with E-state index in [0.717, 1.165) is 0 Å². The second kappa shape index (κ2) is 17.7. The Morgan fingerprint density at radius 2 is 1.05 bits per heavy atom. The molecule has 0 unspecified atom stereocenters. The van der Waals surface area contributed by atoms with Gasteiger partial charge in [-0.25, -0.2) is 4.79 Å². The molecular formula is C34H71NO5Si2. The lowest BCUT2D eigenvalue weighted by Gasteiger charge is -2.48. The monoisotopic (exact) mass is 629 g/mol. The lowest BCUT2D eigenvalue weighted by molar-refractivity contribution is -0.0146. The summed E-state index contributed by atoms with van der Waals surface area (Å²) in [5.41, 5.74) is 2.67. The molecule has 0 aromatic heterocycles. The van der Waals surface area contributed by atoms with E-state index < -0.39 is 22.7 Å². The summed E-state index contributed by atoms with van der Waals surface area (Å²) in [5.74, 6) is -0.412. The van der Waals surface area contributed by atoms with Crippen molar-refractivity contribution in [2.24, 2.45) is 11.8 Å². The van der Waals surface area contributed by atoms with Crippen LogP contribution in [0.3, 0.4) is 0 Å². The lowest BCUT2D eigenvalue weighted by atomic mass is 9.89. The van der Waals surface area contributed by atoms with Crippen LogP contribution in [0.4, 0.5) is 4.79 Å². The molecule has 0 radical (unpaired) electrons. The van der Waals surface area contributed by atoms with Gasteiger partial charge in [-0.2, -0.15) is 0 Å². The highest BCUT2D eigenvalue weighted by Gasteiger charge is 2.50. The standard InChI is InChI=1S/C34H71NO5Si2/c1-22(2)35(23(3)4)34(37)38-20-19-30(17)33(36)31(18)32(40-42(27(11)12,28(13)14)29(15)16)21-39-41(24(5)6,25(7)8)26(9)10/h19-20,22-33,36H,21H2,1-18H3/b20-19-/t30-,31-,32+,33-/m0/s1. The first-order valence-electron chi connectivity index (χ1n) is 16.8. The second-order valence-corrected chi connectivity index (χ2v) is 26.0. The van der Waals surface area contributed by atoms with Crippen LogP contribution in [-0.2, 0) is 13.6 Å². The van der Waals surface area contributed by atoms with E-state index in [1.54, 1.807) is 11.0 Å². The number of amides is 1. The molecule has 0 saturated heterocycles. The van der Waals surface area contributed by atoms with Crippen LogP contribution in [-0.4, -0.2) is 63.6 Å². The van der Waals surface area contributed by atoms with Gasteiger partial charge < -0.3 is 23.6 Å². The van der Waals surface area contributed by atoms with Crippen molar-refractivity contribution in [3.8, 4) is 0 Å². The van der Waals surface area contributed by atoms with Crippen molar-refractivity contribution >= 4 is 22.7 Å². The number of aliphatic hydroxyl groups excluding tert-OH is 1. The van der Waals surface area contributed by atoms with E-state index in [1.807, 2.05) is 34.6 Å². The molecule has 250 valence electrons. The fraction of sp³-hybridized carbons (Fsp3) is 0.912. The van der Waals surface area contributed by atoms with Crippen LogP contribution in [0.1, 0.15) is 125 Å². The Kier molecular flexibility index (Phi) is 17.4. The maximum Gasteiger partial charge on any atom is 0.415 e. The van der Waals surface area contributed by atoms with Crippen molar-refractivity contribution in [2.45, 2.75) is 182 Å².